The van der Waals surface area contributed by atoms with Gasteiger partial charge in [-0.05, 0) is 75.0 Å². The van der Waals surface area contributed by atoms with Crippen molar-refractivity contribution in [2.24, 2.45) is 5.92 Å². The molecular formula is C27H30N4O4S. The van der Waals surface area contributed by atoms with Gasteiger partial charge in [-0.25, -0.2) is 4.79 Å². The first-order valence-electron chi connectivity index (χ1n) is 12.6. The number of aliphatic hydroxyl groups is 1. The summed E-state index contributed by atoms with van der Waals surface area (Å²) in [6.45, 7) is 2.75. The molecule has 0 bridgehead atoms. The number of para-hydroxylation sites is 1. The summed E-state index contributed by atoms with van der Waals surface area (Å²) in [6.07, 6.45) is 2.67. The maximum Gasteiger partial charge on any atom is 0.326 e. The number of piperidine rings is 1. The van der Waals surface area contributed by atoms with Crippen LogP contribution in [0.15, 0.2) is 59.1 Å². The summed E-state index contributed by atoms with van der Waals surface area (Å²) in [6, 6.07) is 14.9. The fraction of sp³-hybridized carbons (Fsp3) is 0.407. The van der Waals surface area contributed by atoms with E-state index in [0.29, 0.717) is 22.8 Å². The number of amides is 3. The quantitative estimate of drug-likeness (QED) is 0.494. The highest BCUT2D eigenvalue weighted by molar-refractivity contribution is 8.04. The highest BCUT2D eigenvalue weighted by Crippen LogP contribution is 2.48. The molecule has 1 saturated carbocycles. The third-order valence-corrected chi connectivity index (χ3v) is 8.90. The highest BCUT2D eigenvalue weighted by Gasteiger charge is 2.52. The molecule has 5 atom stereocenters. The molecule has 3 aliphatic heterocycles. The molecule has 0 radical (unpaired) electrons. The number of nitrogens with one attached hydrogen (secondary N) is 3. The molecule has 6 rings (SSSR count). The highest BCUT2D eigenvalue weighted by atomic mass is 32.2. The molecule has 2 aromatic rings. The summed E-state index contributed by atoms with van der Waals surface area (Å²) in [4.78, 5) is 29.1. The van der Waals surface area contributed by atoms with E-state index in [0.717, 1.165) is 42.8 Å². The van der Waals surface area contributed by atoms with Crippen LogP contribution in [-0.2, 0) is 4.79 Å². The van der Waals surface area contributed by atoms with Crippen LogP contribution in [-0.4, -0.2) is 47.2 Å². The smallest absolute Gasteiger partial charge is 0.326 e. The monoisotopic (exact) mass is 506 g/mol. The summed E-state index contributed by atoms with van der Waals surface area (Å²) in [5, 5.41) is 19.8. The van der Waals surface area contributed by atoms with Gasteiger partial charge in [0, 0.05) is 17.3 Å². The molecule has 188 valence electrons. The van der Waals surface area contributed by atoms with Crippen LogP contribution in [0, 0.1) is 12.8 Å². The number of carbonyl (C=O) groups excluding carboxylic acids is 2. The Balaban J connectivity index is 1.26. The number of ether oxygens (including phenoxy) is 1. The molecule has 2 aromatic carbocycles. The molecule has 4 aliphatic rings. The van der Waals surface area contributed by atoms with Crippen LogP contribution in [0.4, 0.5) is 10.5 Å². The van der Waals surface area contributed by atoms with Crippen molar-refractivity contribution in [3.8, 4) is 11.5 Å². The van der Waals surface area contributed by atoms with Crippen molar-refractivity contribution < 1.29 is 19.4 Å². The first-order valence-corrected chi connectivity index (χ1v) is 13.4. The molecule has 8 nitrogen and oxygen atoms in total. The van der Waals surface area contributed by atoms with E-state index in [-0.39, 0.29) is 35.3 Å². The lowest BCUT2D eigenvalue weighted by molar-refractivity contribution is -0.118. The second-order valence-corrected chi connectivity index (χ2v) is 11.0. The molecule has 3 unspecified atom stereocenters. The number of hydrogen-bond acceptors (Lipinski definition) is 6. The van der Waals surface area contributed by atoms with Crippen LogP contribution in [0.5, 0.6) is 11.5 Å². The summed E-state index contributed by atoms with van der Waals surface area (Å²) in [7, 11) is 0. The number of carbonyl (C=O) groups is 2. The van der Waals surface area contributed by atoms with Crippen molar-refractivity contribution in [1.82, 2.24) is 16.0 Å². The van der Waals surface area contributed by atoms with Crippen LogP contribution < -0.4 is 25.6 Å². The van der Waals surface area contributed by atoms with Gasteiger partial charge in [-0.15, -0.1) is 0 Å². The van der Waals surface area contributed by atoms with Crippen LogP contribution in [0.2, 0.25) is 0 Å². The van der Waals surface area contributed by atoms with Gasteiger partial charge in [-0.3, -0.25) is 9.69 Å². The van der Waals surface area contributed by atoms with E-state index >= 15 is 0 Å². The van der Waals surface area contributed by atoms with E-state index in [4.69, 9.17) is 4.74 Å². The third-order valence-electron chi connectivity index (χ3n) is 7.55. The molecule has 4 N–H and O–H groups in total. The first-order chi connectivity index (χ1) is 17.5. The van der Waals surface area contributed by atoms with Gasteiger partial charge in [0.2, 0.25) is 0 Å². The summed E-state index contributed by atoms with van der Waals surface area (Å²) in [5.74, 6) is 1.25. The van der Waals surface area contributed by atoms with Gasteiger partial charge in [0.15, 0.2) is 0 Å². The standard InChI is InChI=1S/C27H30N4O4S/c1-15-14-17(35-16-6-3-2-4-7-16)10-11-19(15)31-20-12-13-28-26-22(20)23(30-27(31)34)24(36-26)25(33)29-18-8-5-9-21(18)32/h2-4,6-7,10-11,14,18,20-22,26,28,32H,5,8-9,12-13H2,1H3,(H,29,33)(H,30,34)/t18-,20?,21+,22?,26?/m1/s1. The Labute approximate surface area is 214 Å². The van der Waals surface area contributed by atoms with Gasteiger partial charge in [-0.1, -0.05) is 30.0 Å². The normalized spacial score (nSPS) is 29.1. The van der Waals surface area contributed by atoms with E-state index in [1.807, 2.05) is 60.4 Å². The van der Waals surface area contributed by atoms with Gasteiger partial charge in [0.25, 0.3) is 5.91 Å². The molecule has 9 heteroatoms. The Morgan fingerprint density at radius 3 is 2.72 bits per heavy atom. The van der Waals surface area contributed by atoms with Crippen molar-refractivity contribution in [2.45, 2.75) is 56.2 Å². The molecule has 3 heterocycles. The SMILES string of the molecule is Cc1cc(Oc2ccccc2)ccc1N1C(=O)NC2=C(C(=O)N[C@@H]3CCC[C@@H]3O)SC3NCCC1C23. The van der Waals surface area contributed by atoms with Crippen molar-refractivity contribution >= 4 is 29.4 Å². The van der Waals surface area contributed by atoms with Gasteiger partial charge in [0.1, 0.15) is 11.5 Å². The van der Waals surface area contributed by atoms with Gasteiger partial charge in [-0.2, -0.15) is 0 Å². The second kappa shape index (κ2) is 9.46. The molecular weight excluding hydrogens is 476 g/mol. The number of aryl methyl sites for hydroxylation is 1. The fourth-order valence-electron chi connectivity index (χ4n) is 5.83. The van der Waals surface area contributed by atoms with Crippen molar-refractivity contribution in [2.75, 3.05) is 11.4 Å². The summed E-state index contributed by atoms with van der Waals surface area (Å²) in [5.41, 5.74) is 2.49. The summed E-state index contributed by atoms with van der Waals surface area (Å²) < 4.78 is 5.98. The van der Waals surface area contributed by atoms with E-state index in [9.17, 15) is 14.7 Å². The van der Waals surface area contributed by atoms with E-state index in [2.05, 4.69) is 16.0 Å². The zero-order chi connectivity index (χ0) is 24.8. The van der Waals surface area contributed by atoms with E-state index in [1.165, 1.54) is 11.8 Å². The molecule has 3 fully saturated rings. The Morgan fingerprint density at radius 2 is 1.97 bits per heavy atom. The Hall–Kier alpha value is -3.01. The molecule has 3 amide bonds. The fourth-order valence-corrected chi connectivity index (χ4v) is 7.23. The maximum atomic E-state index is 13.5. The van der Waals surface area contributed by atoms with E-state index < -0.39 is 6.10 Å². The lowest BCUT2D eigenvalue weighted by atomic mass is 9.86. The van der Waals surface area contributed by atoms with Crippen molar-refractivity contribution in [3.63, 3.8) is 0 Å². The minimum absolute atomic E-state index is 0.0112. The zero-order valence-electron chi connectivity index (χ0n) is 20.1. The third kappa shape index (κ3) is 4.15. The van der Waals surface area contributed by atoms with E-state index in [1.54, 1.807) is 0 Å². The predicted octanol–water partition coefficient (Wildman–Crippen LogP) is 3.61. The second-order valence-electron chi connectivity index (χ2n) is 9.86. The first kappa shape index (κ1) is 23.4. The molecule has 2 saturated heterocycles. The molecule has 0 aromatic heterocycles. The number of aliphatic hydroxyl groups excluding tert-OH is 1. The molecule has 1 aliphatic carbocycles. The number of nitrogens with zero attached hydrogens (tertiary/aromatic N) is 1. The maximum absolute atomic E-state index is 13.5. The Bertz CT molecular complexity index is 1220. The minimum Gasteiger partial charge on any atom is -0.457 e. The van der Waals surface area contributed by atoms with Gasteiger partial charge in [0.05, 0.1) is 28.5 Å². The zero-order valence-corrected chi connectivity index (χ0v) is 20.9. The number of rotatable bonds is 5. The van der Waals surface area contributed by atoms with Crippen molar-refractivity contribution in [3.05, 3.63) is 64.7 Å². The van der Waals surface area contributed by atoms with Crippen LogP contribution >= 0.6 is 11.8 Å². The van der Waals surface area contributed by atoms with Crippen molar-refractivity contribution in [1.29, 1.82) is 0 Å². The molecule has 36 heavy (non-hydrogen) atoms. The lowest BCUT2D eigenvalue weighted by Crippen LogP contribution is -2.62. The average molecular weight is 507 g/mol. The number of thioether (sulfide) groups is 1. The van der Waals surface area contributed by atoms with Crippen LogP contribution in [0.25, 0.3) is 0 Å². The Kier molecular flexibility index (Phi) is 6.15. The topological polar surface area (TPSA) is 103 Å². The van der Waals surface area contributed by atoms with Crippen LogP contribution in [0.1, 0.15) is 31.2 Å². The summed E-state index contributed by atoms with van der Waals surface area (Å²) >= 11 is 1.48. The number of benzene rings is 2. The lowest BCUT2D eigenvalue weighted by Gasteiger charge is -2.46. The number of urea groups is 1. The number of anilines is 1. The Morgan fingerprint density at radius 1 is 1.14 bits per heavy atom. The van der Waals surface area contributed by atoms with Crippen LogP contribution in [0.3, 0.4) is 0 Å². The number of hydrogen-bond donors (Lipinski definition) is 4. The predicted molar refractivity (Wildman–Crippen MR) is 139 cm³/mol. The van der Waals surface area contributed by atoms with Gasteiger partial charge < -0.3 is 25.8 Å². The average Bonchev–Trinajstić information content (AvgIpc) is 3.45. The minimum atomic E-state index is -0.507. The molecule has 0 spiro atoms. The largest absolute Gasteiger partial charge is 0.457 e. The van der Waals surface area contributed by atoms with Gasteiger partial charge >= 0.3 is 6.03 Å².